The lowest BCUT2D eigenvalue weighted by atomic mass is 9.75. The fraction of sp³-hybridized carbons (Fsp3) is 0.667. The van der Waals surface area contributed by atoms with E-state index in [-0.39, 0.29) is 11.8 Å². The van der Waals surface area contributed by atoms with E-state index in [1.54, 1.807) is 33.2 Å². The predicted octanol–water partition coefficient (Wildman–Crippen LogP) is 2.48. The van der Waals surface area contributed by atoms with Gasteiger partial charge < -0.3 is 15.8 Å². The van der Waals surface area contributed by atoms with Gasteiger partial charge in [-0.1, -0.05) is 6.92 Å². The van der Waals surface area contributed by atoms with Crippen molar-refractivity contribution in [2.45, 2.75) is 63.3 Å². The first-order valence-corrected chi connectivity index (χ1v) is 10.7. The third-order valence-corrected chi connectivity index (χ3v) is 6.46. The van der Waals surface area contributed by atoms with Crippen LogP contribution in [0.3, 0.4) is 0 Å². The van der Waals surface area contributed by atoms with Crippen molar-refractivity contribution < 1.29 is 17.9 Å². The first-order valence-electron chi connectivity index (χ1n) is 8.76. The zero-order valence-electron chi connectivity index (χ0n) is 16.0. The Bertz CT molecular complexity index is 758. The SMILES string of the molecule is CC1CC(c2ccncc2N)CC(NC(=O)OC(C)(C)C)C1S(C)(=O)=O. The summed E-state index contributed by atoms with van der Waals surface area (Å²) < 4.78 is 30.0. The van der Waals surface area contributed by atoms with Crippen LogP contribution in [-0.2, 0) is 14.6 Å². The lowest BCUT2D eigenvalue weighted by Crippen LogP contribution is -2.53. The normalized spacial score (nSPS) is 27.0. The molecule has 0 aromatic carbocycles. The molecule has 1 saturated carbocycles. The fourth-order valence-corrected chi connectivity index (χ4v) is 5.61. The second-order valence-corrected chi connectivity index (χ2v) is 10.4. The maximum absolute atomic E-state index is 12.4. The maximum atomic E-state index is 12.4. The van der Waals surface area contributed by atoms with E-state index in [1.165, 1.54) is 6.26 Å². The minimum Gasteiger partial charge on any atom is -0.444 e. The zero-order chi connectivity index (χ0) is 19.7. The van der Waals surface area contributed by atoms with Crippen LogP contribution in [0.25, 0.3) is 0 Å². The molecule has 7 nitrogen and oxygen atoms in total. The Labute approximate surface area is 155 Å². The van der Waals surface area contributed by atoms with Crippen molar-refractivity contribution in [3.05, 3.63) is 24.0 Å². The van der Waals surface area contributed by atoms with Crippen LogP contribution in [0.4, 0.5) is 10.5 Å². The van der Waals surface area contributed by atoms with Gasteiger partial charge in [0.15, 0.2) is 9.84 Å². The third kappa shape index (κ3) is 5.09. The number of nitrogens with two attached hydrogens (primary N) is 1. The summed E-state index contributed by atoms with van der Waals surface area (Å²) in [5.41, 5.74) is 6.92. The molecule has 1 aliphatic rings. The van der Waals surface area contributed by atoms with E-state index in [9.17, 15) is 13.2 Å². The van der Waals surface area contributed by atoms with Gasteiger partial charge in [0.2, 0.25) is 0 Å². The van der Waals surface area contributed by atoms with Crippen LogP contribution in [-0.4, -0.2) is 42.6 Å². The van der Waals surface area contributed by atoms with Crippen LogP contribution in [0.2, 0.25) is 0 Å². The van der Waals surface area contributed by atoms with Gasteiger partial charge in [-0.3, -0.25) is 4.98 Å². The first-order chi connectivity index (χ1) is 11.9. The summed E-state index contributed by atoms with van der Waals surface area (Å²) in [6.07, 6.45) is 5.05. The van der Waals surface area contributed by atoms with Crippen LogP contribution in [0, 0.1) is 5.92 Å². The van der Waals surface area contributed by atoms with Gasteiger partial charge in [-0.25, -0.2) is 13.2 Å². The zero-order valence-corrected chi connectivity index (χ0v) is 16.8. The van der Waals surface area contributed by atoms with Gasteiger partial charge in [-0.05, 0) is 57.1 Å². The van der Waals surface area contributed by atoms with E-state index in [0.29, 0.717) is 18.5 Å². The summed E-state index contributed by atoms with van der Waals surface area (Å²) in [6.45, 7) is 7.21. The molecule has 1 aromatic rings. The number of carbonyl (C=O) groups excluding carboxylic acids is 1. The summed E-state index contributed by atoms with van der Waals surface area (Å²) in [4.78, 5) is 16.3. The minimum absolute atomic E-state index is 0.0472. The summed E-state index contributed by atoms with van der Waals surface area (Å²) in [6, 6.07) is 1.32. The topological polar surface area (TPSA) is 111 Å². The Morgan fingerprint density at radius 3 is 2.54 bits per heavy atom. The van der Waals surface area contributed by atoms with Crippen molar-refractivity contribution in [3.63, 3.8) is 0 Å². The number of nitrogens with one attached hydrogen (secondary N) is 1. The Morgan fingerprint density at radius 2 is 2.00 bits per heavy atom. The van der Waals surface area contributed by atoms with Crippen molar-refractivity contribution in [2.75, 3.05) is 12.0 Å². The molecule has 0 spiro atoms. The Morgan fingerprint density at radius 1 is 1.35 bits per heavy atom. The minimum atomic E-state index is -3.34. The largest absolute Gasteiger partial charge is 0.444 e. The summed E-state index contributed by atoms with van der Waals surface area (Å²) in [5, 5.41) is 2.13. The molecule has 26 heavy (non-hydrogen) atoms. The third-order valence-electron chi connectivity index (χ3n) is 4.68. The summed E-state index contributed by atoms with van der Waals surface area (Å²) in [7, 11) is -3.34. The monoisotopic (exact) mass is 383 g/mol. The number of amides is 1. The second kappa shape index (κ2) is 7.42. The van der Waals surface area contributed by atoms with Crippen molar-refractivity contribution in [1.29, 1.82) is 0 Å². The molecule has 1 aliphatic carbocycles. The van der Waals surface area contributed by atoms with E-state index in [2.05, 4.69) is 10.3 Å². The highest BCUT2D eigenvalue weighted by molar-refractivity contribution is 7.91. The first kappa shape index (κ1) is 20.5. The van der Waals surface area contributed by atoms with Gasteiger partial charge >= 0.3 is 6.09 Å². The van der Waals surface area contributed by atoms with Crippen molar-refractivity contribution in [1.82, 2.24) is 10.3 Å². The van der Waals surface area contributed by atoms with E-state index >= 15 is 0 Å². The quantitative estimate of drug-likeness (QED) is 0.829. The molecule has 0 bridgehead atoms. The Kier molecular flexibility index (Phi) is 5.85. The second-order valence-electron chi connectivity index (χ2n) is 8.20. The molecule has 0 radical (unpaired) electrons. The molecule has 1 heterocycles. The number of ether oxygens (including phenoxy) is 1. The van der Waals surface area contributed by atoms with E-state index in [1.807, 2.05) is 13.0 Å². The number of nitrogen functional groups attached to an aromatic ring is 1. The molecule has 4 unspecified atom stereocenters. The van der Waals surface area contributed by atoms with E-state index in [0.717, 1.165) is 5.56 Å². The van der Waals surface area contributed by atoms with Gasteiger partial charge in [0, 0.05) is 18.5 Å². The van der Waals surface area contributed by atoms with Crippen LogP contribution < -0.4 is 11.1 Å². The smallest absolute Gasteiger partial charge is 0.407 e. The summed E-state index contributed by atoms with van der Waals surface area (Å²) >= 11 is 0. The number of anilines is 1. The van der Waals surface area contributed by atoms with Crippen LogP contribution in [0.15, 0.2) is 18.5 Å². The van der Waals surface area contributed by atoms with Gasteiger partial charge in [-0.2, -0.15) is 0 Å². The summed E-state index contributed by atoms with van der Waals surface area (Å²) in [5.74, 6) is -0.0813. The molecule has 2 rings (SSSR count). The van der Waals surface area contributed by atoms with E-state index < -0.39 is 32.8 Å². The van der Waals surface area contributed by atoms with Gasteiger partial charge in [-0.15, -0.1) is 0 Å². The number of alkyl carbamates (subject to hydrolysis) is 1. The van der Waals surface area contributed by atoms with Crippen molar-refractivity contribution >= 4 is 21.6 Å². The number of pyridine rings is 1. The van der Waals surface area contributed by atoms with E-state index in [4.69, 9.17) is 10.5 Å². The lowest BCUT2D eigenvalue weighted by molar-refractivity contribution is 0.0484. The predicted molar refractivity (Wildman–Crippen MR) is 102 cm³/mol. The molecule has 4 atom stereocenters. The molecule has 1 amide bonds. The lowest BCUT2D eigenvalue weighted by Gasteiger charge is -2.40. The highest BCUT2D eigenvalue weighted by atomic mass is 32.2. The van der Waals surface area contributed by atoms with Crippen LogP contribution in [0.1, 0.15) is 52.0 Å². The number of hydrogen-bond donors (Lipinski definition) is 2. The molecule has 146 valence electrons. The molecule has 1 aromatic heterocycles. The number of aromatic nitrogens is 1. The van der Waals surface area contributed by atoms with Gasteiger partial charge in [0.1, 0.15) is 5.60 Å². The van der Waals surface area contributed by atoms with Crippen molar-refractivity contribution in [2.24, 2.45) is 5.92 Å². The maximum Gasteiger partial charge on any atom is 0.407 e. The van der Waals surface area contributed by atoms with Crippen LogP contribution in [0.5, 0.6) is 0 Å². The highest BCUT2D eigenvalue weighted by Crippen LogP contribution is 2.40. The average molecular weight is 384 g/mol. The number of sulfone groups is 1. The Balaban J connectivity index is 2.29. The highest BCUT2D eigenvalue weighted by Gasteiger charge is 2.43. The average Bonchev–Trinajstić information content (AvgIpc) is 2.43. The molecule has 1 fully saturated rings. The van der Waals surface area contributed by atoms with Gasteiger partial charge in [0.05, 0.1) is 17.1 Å². The number of rotatable bonds is 3. The number of carbonyl (C=O) groups is 1. The van der Waals surface area contributed by atoms with Gasteiger partial charge in [0.25, 0.3) is 0 Å². The fourth-order valence-electron chi connectivity index (χ4n) is 3.88. The number of hydrogen-bond acceptors (Lipinski definition) is 6. The van der Waals surface area contributed by atoms with Crippen LogP contribution >= 0.6 is 0 Å². The molecule has 3 N–H and O–H groups in total. The standard InChI is InChI=1S/C18H29N3O4S/c1-11-8-12(13-6-7-20-10-14(13)19)9-15(16(11)26(5,23)24)21-17(22)25-18(2,3)4/h6-7,10-12,15-16H,8-9,19H2,1-5H3,(H,21,22). The Hall–Kier alpha value is -1.83. The number of nitrogens with zero attached hydrogens (tertiary/aromatic N) is 1. The molecular weight excluding hydrogens is 354 g/mol. The molecular formula is C18H29N3O4S. The molecule has 0 saturated heterocycles. The molecule has 0 aliphatic heterocycles. The van der Waals surface area contributed by atoms with Crippen molar-refractivity contribution in [3.8, 4) is 0 Å². The molecule has 8 heteroatoms.